The molecule has 0 aliphatic heterocycles. The Hall–Kier alpha value is -0.620. The van der Waals surface area contributed by atoms with Gasteiger partial charge in [-0.3, -0.25) is 4.18 Å². The van der Waals surface area contributed by atoms with Gasteiger partial charge in [-0.15, -0.1) is 0 Å². The van der Waals surface area contributed by atoms with E-state index in [1.54, 1.807) is 0 Å². The number of unbranched alkanes of at least 4 members (excludes halogenated alkanes) is 11. The standard InChI is InChI=1S/C17H34O5S/c1-3-4-5-6-7-8-9-10-11-12-13-14-15-16(17(18)19)22-23(2,20)21/h16H,3-15H2,1-2H3,(H,18,19). The van der Waals surface area contributed by atoms with E-state index in [0.29, 0.717) is 6.42 Å². The van der Waals surface area contributed by atoms with Gasteiger partial charge in [-0.25, -0.2) is 4.79 Å². The number of aliphatic carboxylic acids is 1. The van der Waals surface area contributed by atoms with Gasteiger partial charge in [0.2, 0.25) is 0 Å². The summed E-state index contributed by atoms with van der Waals surface area (Å²) in [5.74, 6) is -1.21. The molecule has 0 saturated carbocycles. The fourth-order valence-corrected chi connectivity index (χ4v) is 3.19. The topological polar surface area (TPSA) is 80.7 Å². The molecule has 1 unspecified atom stereocenters. The highest BCUT2D eigenvalue weighted by Crippen LogP contribution is 2.14. The molecule has 0 aromatic heterocycles. The molecule has 5 nitrogen and oxygen atoms in total. The lowest BCUT2D eigenvalue weighted by molar-refractivity contribution is -0.145. The minimum atomic E-state index is -3.72. The lowest BCUT2D eigenvalue weighted by Crippen LogP contribution is -2.26. The van der Waals surface area contributed by atoms with Crippen molar-refractivity contribution in [2.75, 3.05) is 6.26 Å². The van der Waals surface area contributed by atoms with Crippen LogP contribution in [-0.4, -0.2) is 31.9 Å². The van der Waals surface area contributed by atoms with Gasteiger partial charge in [0, 0.05) is 0 Å². The molecular formula is C17H34O5S. The van der Waals surface area contributed by atoms with Crippen molar-refractivity contribution in [3.05, 3.63) is 0 Å². The molecule has 0 aliphatic rings. The van der Waals surface area contributed by atoms with Crippen LogP contribution in [0.3, 0.4) is 0 Å². The van der Waals surface area contributed by atoms with E-state index in [4.69, 9.17) is 5.11 Å². The summed E-state index contributed by atoms with van der Waals surface area (Å²) in [6.07, 6.45) is 14.2. The predicted molar refractivity (Wildman–Crippen MR) is 93.0 cm³/mol. The zero-order chi connectivity index (χ0) is 17.6. The summed E-state index contributed by atoms with van der Waals surface area (Å²) in [6.45, 7) is 2.23. The highest BCUT2D eigenvalue weighted by Gasteiger charge is 2.22. The number of carboxylic acid groups (broad SMARTS) is 1. The summed E-state index contributed by atoms with van der Waals surface area (Å²) in [5.41, 5.74) is 0. The molecule has 1 N–H and O–H groups in total. The van der Waals surface area contributed by atoms with Crippen molar-refractivity contribution >= 4 is 16.1 Å². The minimum absolute atomic E-state index is 0.250. The van der Waals surface area contributed by atoms with Crippen molar-refractivity contribution < 1.29 is 22.5 Å². The molecule has 6 heteroatoms. The van der Waals surface area contributed by atoms with Crippen LogP contribution in [0, 0.1) is 0 Å². The Labute approximate surface area is 141 Å². The molecule has 0 rings (SSSR count). The van der Waals surface area contributed by atoms with E-state index in [2.05, 4.69) is 11.1 Å². The summed E-state index contributed by atoms with van der Waals surface area (Å²) >= 11 is 0. The lowest BCUT2D eigenvalue weighted by Gasteiger charge is -2.11. The Morgan fingerprint density at radius 2 is 1.26 bits per heavy atom. The molecule has 23 heavy (non-hydrogen) atoms. The zero-order valence-electron chi connectivity index (χ0n) is 14.8. The van der Waals surface area contributed by atoms with E-state index in [9.17, 15) is 13.2 Å². The maximum atomic E-state index is 11.0. The van der Waals surface area contributed by atoms with E-state index < -0.39 is 22.2 Å². The van der Waals surface area contributed by atoms with Gasteiger partial charge in [0.15, 0.2) is 6.10 Å². The largest absolute Gasteiger partial charge is 0.479 e. The summed E-state index contributed by atoms with van der Waals surface area (Å²) < 4.78 is 26.5. The van der Waals surface area contributed by atoms with Crippen LogP contribution in [0.15, 0.2) is 0 Å². The van der Waals surface area contributed by atoms with Gasteiger partial charge in [0.05, 0.1) is 6.26 Å². The predicted octanol–water partition coefficient (Wildman–Crippen LogP) is 4.51. The third kappa shape index (κ3) is 16.0. The monoisotopic (exact) mass is 350 g/mol. The van der Waals surface area contributed by atoms with Gasteiger partial charge in [0.25, 0.3) is 10.1 Å². The van der Waals surface area contributed by atoms with Crippen LogP contribution < -0.4 is 0 Å². The van der Waals surface area contributed by atoms with Gasteiger partial charge in [0.1, 0.15) is 0 Å². The first-order valence-corrected chi connectivity index (χ1v) is 10.8. The minimum Gasteiger partial charge on any atom is -0.479 e. The van der Waals surface area contributed by atoms with Gasteiger partial charge in [-0.1, -0.05) is 84.0 Å². The maximum Gasteiger partial charge on any atom is 0.334 e. The summed E-state index contributed by atoms with van der Waals surface area (Å²) in [6, 6.07) is 0. The molecule has 0 bridgehead atoms. The molecule has 0 aromatic rings. The van der Waals surface area contributed by atoms with Crippen LogP contribution in [0.5, 0.6) is 0 Å². The molecule has 0 spiro atoms. The third-order valence-electron chi connectivity index (χ3n) is 3.89. The fraction of sp³-hybridized carbons (Fsp3) is 0.941. The number of carbonyl (C=O) groups is 1. The third-order valence-corrected chi connectivity index (χ3v) is 4.47. The van der Waals surface area contributed by atoms with Gasteiger partial charge >= 0.3 is 5.97 Å². The van der Waals surface area contributed by atoms with Gasteiger partial charge in [-0.05, 0) is 6.42 Å². The quantitative estimate of drug-likeness (QED) is 0.327. The molecule has 0 aromatic carbocycles. The van der Waals surface area contributed by atoms with Crippen LogP contribution in [0.1, 0.15) is 90.4 Å². The molecular weight excluding hydrogens is 316 g/mol. The smallest absolute Gasteiger partial charge is 0.334 e. The summed E-state index contributed by atoms with van der Waals surface area (Å²) in [5, 5.41) is 8.92. The second-order valence-corrected chi connectivity index (χ2v) is 7.91. The van der Waals surface area contributed by atoms with Crippen LogP contribution in [0.2, 0.25) is 0 Å². The van der Waals surface area contributed by atoms with Crippen LogP contribution in [0.4, 0.5) is 0 Å². The summed E-state index contributed by atoms with van der Waals surface area (Å²) in [4.78, 5) is 10.9. The lowest BCUT2D eigenvalue weighted by atomic mass is 10.0. The molecule has 0 amide bonds. The molecule has 0 saturated heterocycles. The van der Waals surface area contributed by atoms with Crippen molar-refractivity contribution in [3.8, 4) is 0 Å². The first-order chi connectivity index (χ1) is 10.9. The Kier molecular flexibility index (Phi) is 13.4. The average molecular weight is 351 g/mol. The number of hydrogen-bond donors (Lipinski definition) is 1. The van der Waals surface area contributed by atoms with Crippen LogP contribution in [0.25, 0.3) is 0 Å². The highest BCUT2D eigenvalue weighted by atomic mass is 32.2. The van der Waals surface area contributed by atoms with Crippen LogP contribution >= 0.6 is 0 Å². The molecule has 0 fully saturated rings. The number of carboxylic acids is 1. The van der Waals surface area contributed by atoms with Gasteiger partial charge in [-0.2, -0.15) is 8.42 Å². The Morgan fingerprint density at radius 1 is 0.870 bits per heavy atom. The number of hydrogen-bond acceptors (Lipinski definition) is 4. The van der Waals surface area contributed by atoms with E-state index >= 15 is 0 Å². The SMILES string of the molecule is CCCCCCCCCCCCCCC(OS(C)(=O)=O)C(=O)O. The highest BCUT2D eigenvalue weighted by molar-refractivity contribution is 7.86. The van der Waals surface area contributed by atoms with E-state index in [1.807, 2.05) is 0 Å². The number of rotatable bonds is 16. The molecule has 138 valence electrons. The Balaban J connectivity index is 3.48. The normalized spacial score (nSPS) is 13.1. The van der Waals surface area contributed by atoms with Crippen molar-refractivity contribution in [3.63, 3.8) is 0 Å². The molecule has 1 atom stereocenters. The van der Waals surface area contributed by atoms with Crippen molar-refractivity contribution in [2.45, 2.75) is 96.5 Å². The average Bonchev–Trinajstić information content (AvgIpc) is 2.45. The van der Waals surface area contributed by atoms with Gasteiger partial charge < -0.3 is 5.11 Å². The summed E-state index contributed by atoms with van der Waals surface area (Å²) in [7, 11) is -3.72. The fourth-order valence-electron chi connectivity index (χ4n) is 2.59. The van der Waals surface area contributed by atoms with Crippen molar-refractivity contribution in [1.82, 2.24) is 0 Å². The molecule has 0 heterocycles. The first kappa shape index (κ1) is 22.4. The zero-order valence-corrected chi connectivity index (χ0v) is 15.6. The van der Waals surface area contributed by atoms with Crippen molar-refractivity contribution in [2.24, 2.45) is 0 Å². The second kappa shape index (κ2) is 13.8. The van der Waals surface area contributed by atoms with Crippen molar-refractivity contribution in [1.29, 1.82) is 0 Å². The van der Waals surface area contributed by atoms with Crippen LogP contribution in [-0.2, 0) is 19.1 Å². The Bertz CT molecular complexity index is 392. The second-order valence-electron chi connectivity index (χ2n) is 6.30. The van der Waals surface area contributed by atoms with E-state index in [-0.39, 0.29) is 6.42 Å². The maximum absolute atomic E-state index is 11.0. The van der Waals surface area contributed by atoms with E-state index in [1.165, 1.54) is 57.8 Å². The Morgan fingerprint density at radius 3 is 1.61 bits per heavy atom. The molecule has 0 aliphatic carbocycles. The first-order valence-electron chi connectivity index (χ1n) is 8.98. The van der Waals surface area contributed by atoms with E-state index in [0.717, 1.165) is 19.1 Å². The molecule has 0 radical (unpaired) electrons.